The van der Waals surface area contributed by atoms with Crippen LogP contribution < -0.4 is 0 Å². The Morgan fingerprint density at radius 3 is 2.67 bits per heavy atom. The van der Waals surface area contributed by atoms with Gasteiger partial charge in [-0.2, -0.15) is 0 Å². The van der Waals surface area contributed by atoms with E-state index in [-0.39, 0.29) is 11.8 Å². The lowest BCUT2D eigenvalue weighted by molar-refractivity contribution is -0.142. The lowest BCUT2D eigenvalue weighted by atomic mass is 9.71. The van der Waals surface area contributed by atoms with Crippen molar-refractivity contribution in [2.24, 2.45) is 22.9 Å². The van der Waals surface area contributed by atoms with E-state index < -0.39 is 24.8 Å². The number of aliphatic hydroxyl groups excluding tert-OH is 2. The lowest BCUT2D eigenvalue weighted by Crippen LogP contribution is -2.36. The van der Waals surface area contributed by atoms with Gasteiger partial charge in [-0.3, -0.25) is 0 Å². The molecular formula is C21H35NO5. The van der Waals surface area contributed by atoms with E-state index in [0.29, 0.717) is 12.3 Å². The van der Waals surface area contributed by atoms with E-state index in [9.17, 15) is 15.0 Å². The summed E-state index contributed by atoms with van der Waals surface area (Å²) in [6.45, 7) is 1.79. The van der Waals surface area contributed by atoms with E-state index in [2.05, 4.69) is 12.1 Å². The Balaban J connectivity index is 1.66. The molecule has 2 fully saturated rings. The third-order valence-electron chi connectivity index (χ3n) is 5.85. The summed E-state index contributed by atoms with van der Waals surface area (Å²) in [7, 11) is 0. The highest BCUT2D eigenvalue weighted by atomic mass is 16.6. The largest absolute Gasteiger partial charge is 0.479 e. The zero-order valence-electron chi connectivity index (χ0n) is 16.4. The van der Waals surface area contributed by atoms with Crippen molar-refractivity contribution in [2.75, 3.05) is 6.61 Å². The fourth-order valence-corrected chi connectivity index (χ4v) is 4.25. The van der Waals surface area contributed by atoms with Crippen LogP contribution in [0.1, 0.15) is 71.1 Å². The van der Waals surface area contributed by atoms with E-state index in [4.69, 9.17) is 9.94 Å². The molecule has 2 aliphatic carbocycles. The predicted octanol–water partition coefficient (Wildman–Crippen LogP) is 3.52. The highest BCUT2D eigenvalue weighted by Crippen LogP contribution is 2.49. The van der Waals surface area contributed by atoms with Gasteiger partial charge in [-0.05, 0) is 25.2 Å². The fourth-order valence-electron chi connectivity index (χ4n) is 4.25. The number of carbonyl (C=O) groups is 1. The molecule has 154 valence electrons. The molecular weight excluding hydrogens is 346 g/mol. The number of nitrogens with zero attached hydrogens (tertiary/aromatic N) is 1. The number of fused-ring (bicyclic) bond motifs is 1. The first-order chi connectivity index (χ1) is 13.0. The number of carboxylic acid groups (broad SMARTS) is 1. The number of aliphatic carboxylic acids is 1. The molecule has 0 amide bonds. The molecule has 0 aliphatic heterocycles. The minimum Gasteiger partial charge on any atom is -0.479 e. The maximum absolute atomic E-state index is 10.5. The first-order valence-electron chi connectivity index (χ1n) is 10.5. The zero-order valence-corrected chi connectivity index (χ0v) is 16.4. The Hall–Kier alpha value is -1.40. The summed E-state index contributed by atoms with van der Waals surface area (Å²) < 4.78 is 0. The number of hydrogen-bond donors (Lipinski definition) is 3. The molecule has 0 heterocycles. The van der Waals surface area contributed by atoms with Crippen molar-refractivity contribution in [3.63, 3.8) is 0 Å². The van der Waals surface area contributed by atoms with Crippen LogP contribution in [0.4, 0.5) is 0 Å². The van der Waals surface area contributed by atoms with Crippen LogP contribution in [0.2, 0.25) is 0 Å². The summed E-state index contributed by atoms with van der Waals surface area (Å²) >= 11 is 0. The van der Waals surface area contributed by atoms with Gasteiger partial charge in [0.25, 0.3) is 0 Å². The van der Waals surface area contributed by atoms with Gasteiger partial charge in [-0.15, -0.1) is 0 Å². The maximum atomic E-state index is 10.5. The standard InChI is InChI=1S/C21H35NO5/c1-2-3-4-5-6-7-8-9-15(23)10-11-16-17-12-19(18(17)13-20(16)24)22-27-14-21(25)26/h10-11,15-18,20,23-24H,2-9,12-14H2,1H3,(H,25,26)/t15?,16?,17-,18-,20?/m0/s1. The molecule has 6 heteroatoms. The van der Waals surface area contributed by atoms with E-state index in [1.165, 1.54) is 38.5 Å². The smallest absolute Gasteiger partial charge is 0.344 e. The normalized spacial score (nSPS) is 29.7. The summed E-state index contributed by atoms with van der Waals surface area (Å²) in [6.07, 6.45) is 13.7. The van der Waals surface area contributed by atoms with Gasteiger partial charge in [0, 0.05) is 11.8 Å². The molecule has 3 unspecified atom stereocenters. The molecule has 0 spiro atoms. The van der Waals surface area contributed by atoms with Crippen LogP contribution in [0.25, 0.3) is 0 Å². The summed E-state index contributed by atoms with van der Waals surface area (Å²) in [5.74, 6) is -0.521. The number of hydrogen-bond acceptors (Lipinski definition) is 5. The first-order valence-corrected chi connectivity index (χ1v) is 10.5. The Bertz CT molecular complexity index is 519. The third kappa shape index (κ3) is 6.92. The highest BCUT2D eigenvalue weighted by molar-refractivity contribution is 5.93. The lowest BCUT2D eigenvalue weighted by Gasteiger charge is -2.34. The van der Waals surface area contributed by atoms with Crippen molar-refractivity contribution in [1.82, 2.24) is 0 Å². The van der Waals surface area contributed by atoms with Gasteiger partial charge in [0.15, 0.2) is 0 Å². The number of rotatable bonds is 13. The monoisotopic (exact) mass is 381 g/mol. The average molecular weight is 382 g/mol. The SMILES string of the molecule is CCCCCCCCCC(O)C=CC1C(O)C[C@@H]2C(=NOCC(=O)O)C[C@@H]12. The predicted molar refractivity (Wildman–Crippen MR) is 104 cm³/mol. The zero-order chi connectivity index (χ0) is 19.6. The fraction of sp³-hybridized carbons (Fsp3) is 0.810. The first kappa shape index (κ1) is 21.9. The second kappa shape index (κ2) is 11.4. The third-order valence-corrected chi connectivity index (χ3v) is 5.85. The molecule has 6 nitrogen and oxygen atoms in total. The summed E-state index contributed by atoms with van der Waals surface area (Å²) in [4.78, 5) is 15.3. The number of oxime groups is 1. The molecule has 0 aromatic rings. The average Bonchev–Trinajstić information content (AvgIpc) is 2.86. The second-order valence-electron chi connectivity index (χ2n) is 7.97. The molecule has 2 rings (SSSR count). The van der Waals surface area contributed by atoms with Gasteiger partial charge < -0.3 is 20.2 Å². The second-order valence-corrected chi connectivity index (χ2v) is 7.97. The van der Waals surface area contributed by atoms with Crippen molar-refractivity contribution >= 4 is 11.7 Å². The molecule has 2 saturated carbocycles. The Kier molecular flexibility index (Phi) is 9.28. The van der Waals surface area contributed by atoms with Crippen LogP contribution in [0, 0.1) is 17.8 Å². The van der Waals surface area contributed by atoms with Gasteiger partial charge in [-0.25, -0.2) is 4.79 Å². The van der Waals surface area contributed by atoms with Crippen molar-refractivity contribution in [3.05, 3.63) is 12.2 Å². The Morgan fingerprint density at radius 2 is 1.96 bits per heavy atom. The molecule has 0 bridgehead atoms. The minimum atomic E-state index is -1.04. The molecule has 0 radical (unpaired) electrons. The minimum absolute atomic E-state index is 0.0390. The van der Waals surface area contributed by atoms with Gasteiger partial charge in [0.2, 0.25) is 6.61 Å². The topological polar surface area (TPSA) is 99.4 Å². The molecule has 0 aromatic carbocycles. The summed E-state index contributed by atoms with van der Waals surface area (Å²) in [5, 5.41) is 32.9. The number of unbranched alkanes of at least 4 members (excludes halogenated alkanes) is 6. The maximum Gasteiger partial charge on any atom is 0.344 e. The van der Waals surface area contributed by atoms with Crippen LogP contribution in [-0.2, 0) is 9.63 Å². The van der Waals surface area contributed by atoms with Gasteiger partial charge in [0.1, 0.15) is 0 Å². The van der Waals surface area contributed by atoms with E-state index in [1.807, 2.05) is 12.2 Å². The van der Waals surface area contributed by atoms with Crippen LogP contribution in [0.3, 0.4) is 0 Å². The Labute approximate surface area is 162 Å². The van der Waals surface area contributed by atoms with Crippen molar-refractivity contribution < 1.29 is 25.0 Å². The van der Waals surface area contributed by atoms with Crippen molar-refractivity contribution in [3.8, 4) is 0 Å². The van der Waals surface area contributed by atoms with Crippen molar-refractivity contribution in [2.45, 2.75) is 83.3 Å². The van der Waals surface area contributed by atoms with Crippen LogP contribution in [0.15, 0.2) is 17.3 Å². The van der Waals surface area contributed by atoms with Gasteiger partial charge >= 0.3 is 5.97 Å². The van der Waals surface area contributed by atoms with Crippen LogP contribution in [-0.4, -0.2) is 45.8 Å². The summed E-state index contributed by atoms with van der Waals surface area (Å²) in [5.41, 5.74) is 0.847. The van der Waals surface area contributed by atoms with Crippen molar-refractivity contribution in [1.29, 1.82) is 0 Å². The molecule has 0 aromatic heterocycles. The Morgan fingerprint density at radius 1 is 1.26 bits per heavy atom. The number of carboxylic acids is 1. The highest BCUT2D eigenvalue weighted by Gasteiger charge is 2.51. The van der Waals surface area contributed by atoms with E-state index in [1.54, 1.807) is 0 Å². The molecule has 3 N–H and O–H groups in total. The number of aliphatic hydroxyl groups is 2. The van der Waals surface area contributed by atoms with Gasteiger partial charge in [-0.1, -0.05) is 69.2 Å². The molecule has 2 aliphatic rings. The molecule has 5 atom stereocenters. The van der Waals surface area contributed by atoms with Crippen LogP contribution >= 0.6 is 0 Å². The van der Waals surface area contributed by atoms with Crippen LogP contribution in [0.5, 0.6) is 0 Å². The summed E-state index contributed by atoms with van der Waals surface area (Å²) in [6, 6.07) is 0. The van der Waals surface area contributed by atoms with E-state index in [0.717, 1.165) is 25.0 Å². The molecule has 0 saturated heterocycles. The molecule has 27 heavy (non-hydrogen) atoms. The quantitative estimate of drug-likeness (QED) is 0.257. The van der Waals surface area contributed by atoms with E-state index >= 15 is 0 Å². The van der Waals surface area contributed by atoms with Gasteiger partial charge in [0.05, 0.1) is 17.9 Å².